The molecular weight excluding hydrogens is 721 g/mol. The van der Waals surface area contributed by atoms with Gasteiger partial charge >= 0.3 is 5.84 Å². The van der Waals surface area contributed by atoms with Crippen LogP contribution in [0.1, 0.15) is 111 Å². The number of rotatable bonds is 10. The zero-order chi connectivity index (χ0) is 39.4. The molecule has 0 bridgehead atoms. The molecule has 0 N–H and O–H groups in total. The highest BCUT2D eigenvalue weighted by Crippen LogP contribution is 2.59. The van der Waals surface area contributed by atoms with Crippen molar-refractivity contribution in [2.24, 2.45) is 9.98 Å². The van der Waals surface area contributed by atoms with E-state index in [2.05, 4.69) is 107 Å². The van der Waals surface area contributed by atoms with Crippen LogP contribution in [0.25, 0.3) is 39.3 Å². The van der Waals surface area contributed by atoms with Crippen molar-refractivity contribution in [3.05, 3.63) is 91.0 Å². The summed E-state index contributed by atoms with van der Waals surface area (Å²) in [7, 11) is 0. The first-order chi connectivity index (χ1) is 26.2. The molecule has 55 heavy (non-hydrogen) atoms. The molecule has 8 nitrogen and oxygen atoms in total. The second-order valence-electron chi connectivity index (χ2n) is 15.6. The van der Waals surface area contributed by atoms with Crippen molar-refractivity contribution in [1.82, 2.24) is 0 Å². The number of aliphatic imine (C=N–C) groups is 2. The summed E-state index contributed by atoms with van der Waals surface area (Å²) in [6.07, 6.45) is 6.25. The molecule has 0 radical (unpaired) electrons. The van der Waals surface area contributed by atoms with Crippen molar-refractivity contribution < 1.29 is 9.47 Å². The van der Waals surface area contributed by atoms with Crippen LogP contribution in [-0.4, -0.2) is 24.8 Å². The van der Waals surface area contributed by atoms with Crippen molar-refractivity contribution >= 4 is 67.5 Å². The maximum Gasteiger partial charge on any atom is 0.350 e. The smallest absolute Gasteiger partial charge is 0.350 e. The monoisotopic (exact) mass is 760 g/mol. The first kappa shape index (κ1) is 37.5. The van der Waals surface area contributed by atoms with Gasteiger partial charge in [-0.1, -0.05) is 78.3 Å². The highest BCUT2D eigenvalue weighted by Gasteiger charge is 2.44. The lowest BCUT2D eigenvalue weighted by Crippen LogP contribution is -2.18. The number of hydrogen-bond acceptors (Lipinski definition) is 9. The molecule has 0 amide bonds. The number of thiophene rings is 2. The van der Waals surface area contributed by atoms with Crippen molar-refractivity contribution in [2.45, 2.75) is 84.5 Å². The lowest BCUT2D eigenvalue weighted by atomic mass is 9.77. The normalized spacial score (nSPS) is 16.3. The minimum atomic E-state index is -0.363. The standard InChI is InChI=1S/C45H40N6O2S2/c1-10-12-52-36-20-39(50-27(22-46)23-47)54-41(36)34-16-25-14-32-28(18-30(25)43(34,3)4)29-19-31-26(15-33(29)45(32,7)8)17-35(44(31,5)6)42-37(53-13-11-2)21-40(55-42)51-38(24-48)49-9/h14-21H,10-13H2,1-8H3. The zero-order valence-corrected chi connectivity index (χ0v) is 33.9. The number of hydrogen-bond donors (Lipinski definition) is 0. The average molecular weight is 761 g/mol. The van der Waals surface area contributed by atoms with Gasteiger partial charge < -0.3 is 14.3 Å². The number of nitrogens with zero attached hydrogens (tertiary/aromatic N) is 6. The fourth-order valence-electron chi connectivity index (χ4n) is 8.05. The molecule has 2 heterocycles. The van der Waals surface area contributed by atoms with Crippen molar-refractivity contribution in [3.8, 4) is 40.8 Å². The van der Waals surface area contributed by atoms with E-state index in [0.29, 0.717) is 23.2 Å². The lowest BCUT2D eigenvalue weighted by Gasteiger charge is -2.26. The fraction of sp³-hybridized carbons (Fsp3) is 0.333. The molecule has 2 aromatic carbocycles. The molecule has 2 aromatic heterocycles. The molecule has 0 spiro atoms. The Bertz CT molecular complexity index is 2390. The van der Waals surface area contributed by atoms with Gasteiger partial charge in [0.05, 0.1) is 23.0 Å². The van der Waals surface area contributed by atoms with E-state index in [1.54, 1.807) is 0 Å². The summed E-state index contributed by atoms with van der Waals surface area (Å²) in [5, 5.41) is 29.3. The number of ether oxygens (including phenoxy) is 2. The van der Waals surface area contributed by atoms with E-state index in [-0.39, 0.29) is 27.8 Å². The van der Waals surface area contributed by atoms with Gasteiger partial charge in [-0.05, 0) is 105 Å². The Morgan fingerprint density at radius 2 is 1.11 bits per heavy atom. The van der Waals surface area contributed by atoms with Crippen molar-refractivity contribution in [3.63, 3.8) is 0 Å². The summed E-state index contributed by atoms with van der Waals surface area (Å²) in [4.78, 5) is 13.8. The van der Waals surface area contributed by atoms with Gasteiger partial charge in [-0.15, -0.1) is 11.3 Å². The molecule has 0 unspecified atom stereocenters. The SMILES string of the molecule is [C-]#[N+]C(C#N)=Nc1cc(OCCC)c(C2=Cc3cc4c(cc3C2(C)C)-c2cc3c(cc2C4(C)C)C=C(c2sc(N=C(C#N)C#N)cc2OCCC)C3(C)C)s1. The van der Waals surface area contributed by atoms with E-state index in [9.17, 15) is 15.8 Å². The van der Waals surface area contributed by atoms with Gasteiger partial charge in [0.25, 0.3) is 0 Å². The minimum Gasteiger partial charge on any atom is -0.492 e. The fourth-order valence-corrected chi connectivity index (χ4v) is 10.4. The van der Waals surface area contributed by atoms with Crippen LogP contribution in [0, 0.1) is 40.6 Å². The Morgan fingerprint density at radius 3 is 1.51 bits per heavy atom. The van der Waals surface area contributed by atoms with Crippen LogP contribution in [0.5, 0.6) is 11.5 Å². The molecule has 3 aliphatic rings. The summed E-state index contributed by atoms with van der Waals surface area (Å²) in [5.41, 5.74) is 11.0. The number of benzene rings is 2. The Morgan fingerprint density at radius 1 is 0.655 bits per heavy atom. The molecule has 0 aliphatic heterocycles. The largest absolute Gasteiger partial charge is 0.492 e. The third-order valence-corrected chi connectivity index (χ3v) is 13.0. The average Bonchev–Trinajstić information content (AvgIpc) is 3.93. The highest BCUT2D eigenvalue weighted by molar-refractivity contribution is 7.17. The molecule has 7 rings (SSSR count). The Balaban J connectivity index is 1.30. The van der Waals surface area contributed by atoms with E-state index in [4.69, 9.17) is 16.0 Å². The van der Waals surface area contributed by atoms with Gasteiger partial charge in [0.1, 0.15) is 34.7 Å². The highest BCUT2D eigenvalue weighted by atomic mass is 32.1. The summed E-state index contributed by atoms with van der Waals surface area (Å²) >= 11 is 2.90. The Kier molecular flexibility index (Phi) is 9.43. The van der Waals surface area contributed by atoms with Crippen LogP contribution in [0.3, 0.4) is 0 Å². The number of nitriles is 3. The third kappa shape index (κ3) is 6.07. The molecule has 0 saturated carbocycles. The third-order valence-electron chi connectivity index (χ3n) is 10.9. The van der Waals surface area contributed by atoms with Crippen LogP contribution < -0.4 is 9.47 Å². The Hall–Kier alpha value is -5.78. The van der Waals surface area contributed by atoms with E-state index >= 15 is 0 Å². The van der Waals surface area contributed by atoms with Crippen LogP contribution >= 0.6 is 22.7 Å². The first-order valence-electron chi connectivity index (χ1n) is 18.3. The zero-order valence-electron chi connectivity index (χ0n) is 32.3. The molecule has 4 aromatic rings. The molecule has 0 saturated heterocycles. The molecule has 274 valence electrons. The second-order valence-corrected chi connectivity index (χ2v) is 17.6. The quantitative estimate of drug-likeness (QED) is 0.0905. The Labute approximate surface area is 330 Å². The summed E-state index contributed by atoms with van der Waals surface area (Å²) < 4.78 is 12.5. The molecule has 3 aliphatic carbocycles. The van der Waals surface area contributed by atoms with Crippen LogP contribution in [0.2, 0.25) is 0 Å². The van der Waals surface area contributed by atoms with Gasteiger partial charge in [-0.25, -0.2) is 10.3 Å². The van der Waals surface area contributed by atoms with Gasteiger partial charge in [0.2, 0.25) is 10.7 Å². The summed E-state index contributed by atoms with van der Waals surface area (Å²) in [6, 6.07) is 18.8. The van der Waals surface area contributed by atoms with Crippen molar-refractivity contribution in [2.75, 3.05) is 13.2 Å². The number of allylic oxidation sites excluding steroid dienone is 2. The molecule has 0 atom stereocenters. The van der Waals surface area contributed by atoms with E-state index in [0.717, 1.165) is 45.2 Å². The maximum absolute atomic E-state index is 9.38. The number of amidine groups is 1. The minimum absolute atomic E-state index is 0.183. The van der Waals surface area contributed by atoms with Gasteiger partial charge in [-0.3, -0.25) is 0 Å². The first-order valence-corrected chi connectivity index (χ1v) is 20.0. The lowest BCUT2D eigenvalue weighted by molar-refractivity contribution is 0.317. The molecule has 0 fully saturated rings. The predicted molar refractivity (Wildman–Crippen MR) is 224 cm³/mol. The van der Waals surface area contributed by atoms with E-state index in [1.165, 1.54) is 67.2 Å². The molecular formula is C45H40N6O2S2. The van der Waals surface area contributed by atoms with Crippen LogP contribution in [0.15, 0.2) is 46.4 Å². The van der Waals surface area contributed by atoms with Gasteiger partial charge in [0.15, 0.2) is 0 Å². The summed E-state index contributed by atoms with van der Waals surface area (Å²) in [5.74, 6) is 1.25. The van der Waals surface area contributed by atoms with Gasteiger partial charge in [0, 0.05) is 28.4 Å². The van der Waals surface area contributed by atoms with Crippen molar-refractivity contribution in [1.29, 1.82) is 15.8 Å². The molecule has 10 heteroatoms. The van der Waals surface area contributed by atoms with Gasteiger partial charge in [-0.2, -0.15) is 10.5 Å². The topological polar surface area (TPSA) is 119 Å². The van der Waals surface area contributed by atoms with E-state index in [1.807, 2.05) is 30.3 Å². The van der Waals surface area contributed by atoms with Crippen LogP contribution in [0.4, 0.5) is 10.0 Å². The maximum atomic E-state index is 9.38. The number of fused-ring (bicyclic) bond motifs is 5. The second kappa shape index (κ2) is 13.8. The van der Waals surface area contributed by atoms with Crippen LogP contribution in [-0.2, 0) is 16.2 Å². The summed E-state index contributed by atoms with van der Waals surface area (Å²) in [6.45, 7) is 26.2. The van der Waals surface area contributed by atoms with E-state index < -0.39 is 0 Å². The predicted octanol–water partition coefficient (Wildman–Crippen LogP) is 11.9.